The molecular weight excluding hydrogens is 626 g/mol. The maximum atomic E-state index is 14.5. The minimum atomic E-state index is -3.67. The second-order valence-electron chi connectivity index (χ2n) is 14.4. The summed E-state index contributed by atoms with van der Waals surface area (Å²) in [5, 5.41) is 16.5. The molecule has 0 radical (unpaired) electrons. The quantitative estimate of drug-likeness (QED) is 0.347. The Bertz CT molecular complexity index is 1690. The highest BCUT2D eigenvalue weighted by atomic mass is 32.2. The Morgan fingerprint density at radius 3 is 2.60 bits per heavy atom. The molecule has 8 atom stereocenters. The number of piperazine rings is 1. The van der Waals surface area contributed by atoms with Gasteiger partial charge in [0.2, 0.25) is 17.5 Å². The van der Waals surface area contributed by atoms with Crippen LogP contribution in [0.5, 0.6) is 0 Å². The molecule has 5 aliphatic rings. The van der Waals surface area contributed by atoms with Gasteiger partial charge in [-0.2, -0.15) is 8.42 Å². The number of H-pyrrole nitrogens is 1. The van der Waals surface area contributed by atoms with Gasteiger partial charge in [-0.3, -0.25) is 28.6 Å². The van der Waals surface area contributed by atoms with Crippen molar-refractivity contribution in [1.29, 1.82) is 0 Å². The van der Waals surface area contributed by atoms with Gasteiger partial charge in [-0.25, -0.2) is 0 Å². The van der Waals surface area contributed by atoms with E-state index in [1.165, 1.54) is 21.4 Å². The van der Waals surface area contributed by atoms with Crippen molar-refractivity contribution >= 4 is 38.7 Å². The minimum absolute atomic E-state index is 0.144. The molecule has 0 spiro atoms. The molecule has 7 rings (SSSR count). The number of hydrogen-bond acceptors (Lipinski definition) is 8. The average Bonchev–Trinajstić information content (AvgIpc) is 3.71. The van der Waals surface area contributed by atoms with E-state index in [1.54, 1.807) is 4.90 Å². The van der Waals surface area contributed by atoms with Gasteiger partial charge in [0.25, 0.3) is 21.9 Å². The van der Waals surface area contributed by atoms with E-state index in [0.717, 1.165) is 18.4 Å². The van der Waals surface area contributed by atoms with Crippen LogP contribution in [0.2, 0.25) is 0 Å². The number of benzene rings is 1. The Morgan fingerprint density at radius 2 is 1.94 bits per heavy atom. The van der Waals surface area contributed by atoms with Crippen molar-refractivity contribution in [3.63, 3.8) is 0 Å². The molecule has 14 heteroatoms. The van der Waals surface area contributed by atoms with E-state index >= 15 is 0 Å². The Labute approximate surface area is 275 Å². The van der Waals surface area contributed by atoms with Crippen LogP contribution in [0, 0.1) is 17.8 Å². The third-order valence-electron chi connectivity index (χ3n) is 11.1. The number of rotatable bonds is 5. The standard InChI is InChI=1S/C32H43N5O5.CH4O3S/c1-6-18(4)27-29(39)36-12-8-11-25(36)32(41)37(27)30(40)31(42-32,17(2)3)34-28(38)20-13-22-21-9-7-10-23-26(21)19(15-33-23)14-24(22)35(5)16-20;1-5(2,3)4/h7,9-10,15,17-18,20,22,24-25,27,33,41H,6,8,11-14,16H2,1-5H3,(H,34,38);1H3,(H,2,3,4)/t18?,20-,22?,24-,25+,27+,31-,32+;/m1./s1. The van der Waals surface area contributed by atoms with E-state index in [2.05, 4.69) is 46.6 Å². The van der Waals surface area contributed by atoms with Crippen molar-refractivity contribution < 1.29 is 37.2 Å². The molecule has 1 aromatic carbocycles. The largest absolute Gasteiger partial charge is 0.361 e. The zero-order valence-electron chi connectivity index (χ0n) is 27.9. The Kier molecular flexibility index (Phi) is 8.52. The van der Waals surface area contributed by atoms with E-state index in [4.69, 9.17) is 9.29 Å². The van der Waals surface area contributed by atoms with Gasteiger partial charge < -0.3 is 25.2 Å². The molecule has 0 bridgehead atoms. The lowest BCUT2D eigenvalue weighted by atomic mass is 9.72. The van der Waals surface area contributed by atoms with Gasteiger partial charge in [-0.15, -0.1) is 0 Å². The average molecular weight is 674 g/mol. The Morgan fingerprint density at radius 1 is 1.23 bits per heavy atom. The third-order valence-corrected chi connectivity index (χ3v) is 11.1. The number of carbonyl (C=O) groups excluding carboxylic acids is 3. The molecule has 4 fully saturated rings. The number of hydrogen-bond donors (Lipinski definition) is 4. The fourth-order valence-corrected chi connectivity index (χ4v) is 8.64. The van der Waals surface area contributed by atoms with Crippen molar-refractivity contribution in [2.24, 2.45) is 17.8 Å². The van der Waals surface area contributed by atoms with Gasteiger partial charge in [-0.05, 0) is 55.8 Å². The molecule has 0 saturated carbocycles. The van der Waals surface area contributed by atoms with Crippen LogP contribution >= 0.6 is 0 Å². The molecule has 13 nitrogen and oxygen atoms in total. The maximum Gasteiger partial charge on any atom is 0.281 e. The number of carbonyl (C=O) groups is 3. The van der Waals surface area contributed by atoms with Crippen molar-refractivity contribution in [1.82, 2.24) is 25.0 Å². The molecule has 1 aromatic heterocycles. The number of nitrogens with zero attached hydrogens (tertiary/aromatic N) is 3. The normalized spacial score (nSPS) is 34.1. The number of aromatic amines is 1. The van der Waals surface area contributed by atoms with Gasteiger partial charge in [0.15, 0.2) is 0 Å². The zero-order valence-corrected chi connectivity index (χ0v) is 28.7. The summed E-state index contributed by atoms with van der Waals surface area (Å²) in [6.45, 7) is 8.63. The molecule has 5 heterocycles. The molecule has 3 amide bonds. The van der Waals surface area contributed by atoms with Crippen molar-refractivity contribution in [3.8, 4) is 0 Å². The summed E-state index contributed by atoms with van der Waals surface area (Å²) in [5.74, 6) is -3.79. The number of aromatic nitrogens is 1. The van der Waals surface area contributed by atoms with Crippen LogP contribution in [0.3, 0.4) is 0 Å². The Balaban J connectivity index is 0.000000720. The van der Waals surface area contributed by atoms with Crippen LogP contribution in [0.4, 0.5) is 0 Å². The van der Waals surface area contributed by atoms with Gasteiger partial charge in [-0.1, -0.05) is 46.2 Å². The second kappa shape index (κ2) is 11.8. The van der Waals surface area contributed by atoms with Crippen LogP contribution in [0.1, 0.15) is 70.4 Å². The summed E-state index contributed by atoms with van der Waals surface area (Å²) >= 11 is 0. The zero-order chi connectivity index (χ0) is 34.2. The minimum Gasteiger partial charge on any atom is -0.361 e. The lowest BCUT2D eigenvalue weighted by molar-refractivity contribution is -0.324. The molecule has 47 heavy (non-hydrogen) atoms. The highest BCUT2D eigenvalue weighted by Crippen LogP contribution is 2.49. The van der Waals surface area contributed by atoms with Gasteiger partial charge in [0.1, 0.15) is 12.1 Å². The molecule has 4 aliphatic heterocycles. The smallest absolute Gasteiger partial charge is 0.281 e. The van der Waals surface area contributed by atoms with Gasteiger partial charge >= 0.3 is 0 Å². The van der Waals surface area contributed by atoms with Gasteiger partial charge in [0, 0.05) is 48.1 Å². The topological polar surface area (TPSA) is 173 Å². The fourth-order valence-electron chi connectivity index (χ4n) is 8.64. The van der Waals surface area contributed by atoms with Crippen molar-refractivity contribution in [2.75, 3.05) is 26.4 Å². The summed E-state index contributed by atoms with van der Waals surface area (Å²) in [4.78, 5) is 51.0. The van der Waals surface area contributed by atoms with Crippen molar-refractivity contribution in [3.05, 3.63) is 35.5 Å². The first-order chi connectivity index (χ1) is 22.0. The van der Waals surface area contributed by atoms with E-state index in [9.17, 15) is 27.9 Å². The number of likely N-dealkylation sites (N-methyl/N-ethyl adjacent to an activating group) is 1. The first-order valence-electron chi connectivity index (χ1n) is 16.6. The van der Waals surface area contributed by atoms with Crippen LogP contribution in [0.15, 0.2) is 24.4 Å². The molecule has 1 aliphatic carbocycles. The molecule has 258 valence electrons. The molecular formula is C33H47N5O8S. The van der Waals surface area contributed by atoms with Gasteiger partial charge in [0.05, 0.1) is 12.2 Å². The summed E-state index contributed by atoms with van der Waals surface area (Å²) in [6.07, 6.45) is 6.32. The monoisotopic (exact) mass is 673 g/mol. The van der Waals surface area contributed by atoms with Crippen LogP contribution in [-0.4, -0.2) is 112 Å². The van der Waals surface area contributed by atoms with E-state index in [-0.39, 0.29) is 35.6 Å². The summed E-state index contributed by atoms with van der Waals surface area (Å²) < 4.78 is 32.3. The lowest BCUT2D eigenvalue weighted by Crippen LogP contribution is -2.72. The third kappa shape index (κ3) is 5.45. The van der Waals surface area contributed by atoms with Crippen LogP contribution in [0.25, 0.3) is 10.9 Å². The first-order valence-corrected chi connectivity index (χ1v) is 18.5. The number of fused-ring (bicyclic) bond motifs is 5. The number of amides is 3. The van der Waals surface area contributed by atoms with Crippen molar-refractivity contribution in [2.45, 2.75) is 95.5 Å². The first kappa shape index (κ1) is 33.8. The maximum absolute atomic E-state index is 14.5. The molecule has 2 aromatic rings. The predicted octanol–water partition coefficient (Wildman–Crippen LogP) is 2.02. The molecule has 4 saturated heterocycles. The fraction of sp³-hybridized carbons (Fsp3) is 0.667. The van der Waals surface area contributed by atoms with Crippen LogP contribution < -0.4 is 5.32 Å². The number of piperidine rings is 1. The highest BCUT2D eigenvalue weighted by Gasteiger charge is 2.72. The number of nitrogens with one attached hydrogen (secondary N) is 2. The molecule has 4 N–H and O–H groups in total. The predicted molar refractivity (Wildman–Crippen MR) is 173 cm³/mol. The van der Waals surface area contributed by atoms with E-state index < -0.39 is 45.7 Å². The summed E-state index contributed by atoms with van der Waals surface area (Å²) in [7, 11) is -1.59. The summed E-state index contributed by atoms with van der Waals surface area (Å²) in [6, 6.07) is 5.12. The van der Waals surface area contributed by atoms with Crippen LogP contribution in [-0.2, 0) is 35.7 Å². The van der Waals surface area contributed by atoms with E-state index in [1.807, 2.05) is 27.7 Å². The SMILES string of the molecule is CCC(C)[C@H]1C(=O)N2CCC[C@H]2[C@]2(O)O[C@](NC(=O)[C@@H]3CC4c5cccc6[nH]cc(c56)C[C@H]4N(C)C3)(C(C)C)C(=O)N12.CS(=O)(=O)O. The Hall–Kier alpha value is -3.04. The number of aliphatic hydroxyl groups is 1. The van der Waals surface area contributed by atoms with E-state index in [0.29, 0.717) is 38.6 Å². The molecule has 2 unspecified atom stereocenters. The number of ether oxygens (including phenoxy) is 1. The second-order valence-corrected chi connectivity index (χ2v) is 15.9. The number of likely N-dealkylation sites (tertiary alicyclic amines) is 1. The highest BCUT2D eigenvalue weighted by molar-refractivity contribution is 7.85. The summed E-state index contributed by atoms with van der Waals surface area (Å²) in [5.41, 5.74) is 1.93. The lowest BCUT2D eigenvalue weighted by Gasteiger charge is -2.50.